The molecule has 0 bridgehead atoms. The predicted octanol–water partition coefficient (Wildman–Crippen LogP) is 1.62. The summed E-state index contributed by atoms with van der Waals surface area (Å²) >= 11 is 0. The molecule has 2 aromatic rings. The van der Waals surface area contributed by atoms with Crippen LogP contribution in [0.5, 0.6) is 0 Å². The molecule has 19 heavy (non-hydrogen) atoms. The van der Waals surface area contributed by atoms with Gasteiger partial charge in [-0.05, 0) is 25.6 Å². The Morgan fingerprint density at radius 3 is 3.00 bits per heavy atom. The smallest absolute Gasteiger partial charge is 0.258 e. The number of hydrogen-bond acceptors (Lipinski definition) is 5. The van der Waals surface area contributed by atoms with Crippen molar-refractivity contribution in [3.63, 3.8) is 0 Å². The lowest BCUT2D eigenvalue weighted by molar-refractivity contribution is 0.190. The predicted molar refractivity (Wildman–Crippen MR) is 72.7 cm³/mol. The molecular formula is C14H18N4O. The fourth-order valence-electron chi connectivity index (χ4n) is 2.39. The van der Waals surface area contributed by atoms with Crippen LogP contribution in [-0.4, -0.2) is 41.7 Å². The summed E-state index contributed by atoms with van der Waals surface area (Å²) in [6.45, 7) is 4.92. The summed E-state index contributed by atoms with van der Waals surface area (Å²) in [6, 6.07) is 8.24. The fourth-order valence-corrected chi connectivity index (χ4v) is 2.39. The van der Waals surface area contributed by atoms with E-state index < -0.39 is 0 Å². The Morgan fingerprint density at radius 1 is 1.37 bits per heavy atom. The van der Waals surface area contributed by atoms with Gasteiger partial charge in [-0.2, -0.15) is 4.98 Å². The maximum absolute atomic E-state index is 5.42. The van der Waals surface area contributed by atoms with Gasteiger partial charge in [-0.3, -0.25) is 4.90 Å². The lowest BCUT2D eigenvalue weighted by atomic mass is 10.1. The maximum Gasteiger partial charge on any atom is 0.258 e. The van der Waals surface area contributed by atoms with E-state index in [9.17, 15) is 0 Å². The van der Waals surface area contributed by atoms with Crippen LogP contribution in [0.2, 0.25) is 0 Å². The summed E-state index contributed by atoms with van der Waals surface area (Å²) < 4.78 is 5.42. The number of aryl methyl sites for hydroxylation is 1. The molecular weight excluding hydrogens is 240 g/mol. The molecule has 1 aromatic heterocycles. The Balaban J connectivity index is 1.89. The average molecular weight is 258 g/mol. The van der Waals surface area contributed by atoms with Gasteiger partial charge in [0.15, 0.2) is 5.82 Å². The number of hydrogen-bond donors (Lipinski definition) is 1. The third-order valence-corrected chi connectivity index (χ3v) is 3.63. The van der Waals surface area contributed by atoms with Crippen LogP contribution < -0.4 is 5.32 Å². The van der Waals surface area contributed by atoms with Gasteiger partial charge in [-0.15, -0.1) is 0 Å². The quantitative estimate of drug-likeness (QED) is 0.887. The molecule has 1 fully saturated rings. The molecule has 0 saturated carbocycles. The van der Waals surface area contributed by atoms with E-state index in [0.29, 0.717) is 5.89 Å². The Bertz CT molecular complexity index is 566. The first kappa shape index (κ1) is 12.3. The SMILES string of the molecule is Cc1ccccc1-c1nc(C2CNCCN2C)no1. The first-order valence-corrected chi connectivity index (χ1v) is 6.56. The molecule has 2 heterocycles. The number of aromatic nitrogens is 2. The van der Waals surface area contributed by atoms with Gasteiger partial charge in [0.05, 0.1) is 6.04 Å². The standard InChI is InChI=1S/C14H18N4O/c1-10-5-3-4-6-11(10)14-16-13(17-19-14)12-9-15-7-8-18(12)2/h3-6,12,15H,7-9H2,1-2H3. The second-order valence-corrected chi connectivity index (χ2v) is 4.97. The summed E-state index contributed by atoms with van der Waals surface area (Å²) in [7, 11) is 2.09. The Kier molecular flexibility index (Phi) is 3.31. The second kappa shape index (κ2) is 5.11. The van der Waals surface area contributed by atoms with Gasteiger partial charge in [-0.25, -0.2) is 0 Å². The third-order valence-electron chi connectivity index (χ3n) is 3.63. The highest BCUT2D eigenvalue weighted by Crippen LogP contribution is 2.24. The van der Waals surface area contributed by atoms with Crippen molar-refractivity contribution in [3.05, 3.63) is 35.7 Å². The summed E-state index contributed by atoms with van der Waals surface area (Å²) in [5.74, 6) is 1.36. The highest BCUT2D eigenvalue weighted by molar-refractivity contribution is 5.57. The maximum atomic E-state index is 5.42. The van der Waals surface area contributed by atoms with E-state index in [2.05, 4.69) is 27.4 Å². The summed E-state index contributed by atoms with van der Waals surface area (Å²) in [5.41, 5.74) is 2.15. The molecule has 0 spiro atoms. The molecule has 0 amide bonds. The fraction of sp³-hybridized carbons (Fsp3) is 0.429. The molecule has 1 saturated heterocycles. The number of nitrogens with one attached hydrogen (secondary N) is 1. The molecule has 3 rings (SSSR count). The molecule has 1 aliphatic heterocycles. The highest BCUT2D eigenvalue weighted by atomic mass is 16.5. The number of rotatable bonds is 2. The van der Waals surface area contributed by atoms with Crippen molar-refractivity contribution >= 4 is 0 Å². The molecule has 0 aliphatic carbocycles. The largest absolute Gasteiger partial charge is 0.334 e. The molecule has 5 nitrogen and oxygen atoms in total. The lowest BCUT2D eigenvalue weighted by Crippen LogP contribution is -2.44. The van der Waals surface area contributed by atoms with Crippen LogP contribution in [0.25, 0.3) is 11.5 Å². The van der Waals surface area contributed by atoms with Crippen LogP contribution in [0.1, 0.15) is 17.4 Å². The van der Waals surface area contributed by atoms with Gasteiger partial charge in [0.1, 0.15) is 0 Å². The zero-order valence-corrected chi connectivity index (χ0v) is 11.3. The molecule has 1 aliphatic rings. The molecule has 1 aromatic carbocycles. The normalized spacial score (nSPS) is 20.6. The van der Waals surface area contributed by atoms with Gasteiger partial charge >= 0.3 is 0 Å². The van der Waals surface area contributed by atoms with E-state index in [1.165, 1.54) is 0 Å². The van der Waals surface area contributed by atoms with Crippen molar-refractivity contribution in [2.24, 2.45) is 0 Å². The van der Waals surface area contributed by atoms with Crippen molar-refractivity contribution in [2.75, 3.05) is 26.7 Å². The van der Waals surface area contributed by atoms with Gasteiger partial charge in [0.25, 0.3) is 5.89 Å². The van der Waals surface area contributed by atoms with E-state index in [1.807, 2.05) is 31.2 Å². The van der Waals surface area contributed by atoms with Crippen molar-refractivity contribution in [3.8, 4) is 11.5 Å². The van der Waals surface area contributed by atoms with Crippen LogP contribution in [0.4, 0.5) is 0 Å². The molecule has 1 unspecified atom stereocenters. The van der Waals surface area contributed by atoms with Gasteiger partial charge in [-0.1, -0.05) is 23.4 Å². The first-order valence-electron chi connectivity index (χ1n) is 6.56. The van der Waals surface area contributed by atoms with Crippen molar-refractivity contribution in [1.29, 1.82) is 0 Å². The van der Waals surface area contributed by atoms with Gasteiger partial charge in [0, 0.05) is 25.2 Å². The van der Waals surface area contributed by atoms with Crippen molar-refractivity contribution in [1.82, 2.24) is 20.4 Å². The number of benzene rings is 1. The molecule has 1 N–H and O–H groups in total. The van der Waals surface area contributed by atoms with Crippen molar-refractivity contribution in [2.45, 2.75) is 13.0 Å². The van der Waals surface area contributed by atoms with E-state index in [-0.39, 0.29) is 6.04 Å². The highest BCUT2D eigenvalue weighted by Gasteiger charge is 2.25. The molecule has 1 atom stereocenters. The number of piperazine rings is 1. The Hall–Kier alpha value is -1.72. The topological polar surface area (TPSA) is 54.2 Å². The summed E-state index contributed by atoms with van der Waals surface area (Å²) in [5, 5.41) is 7.50. The minimum absolute atomic E-state index is 0.190. The van der Waals surface area contributed by atoms with Crippen LogP contribution in [-0.2, 0) is 0 Å². The van der Waals surface area contributed by atoms with E-state index >= 15 is 0 Å². The molecule has 0 radical (unpaired) electrons. The minimum atomic E-state index is 0.190. The van der Waals surface area contributed by atoms with Gasteiger partial charge < -0.3 is 9.84 Å². The Labute approximate surface area is 112 Å². The zero-order valence-electron chi connectivity index (χ0n) is 11.3. The van der Waals surface area contributed by atoms with Crippen molar-refractivity contribution < 1.29 is 4.52 Å². The summed E-state index contributed by atoms with van der Waals surface area (Å²) in [6.07, 6.45) is 0. The van der Waals surface area contributed by atoms with Crippen LogP contribution in [0.3, 0.4) is 0 Å². The van der Waals surface area contributed by atoms with E-state index in [4.69, 9.17) is 4.52 Å². The number of nitrogens with zero attached hydrogens (tertiary/aromatic N) is 3. The lowest BCUT2D eigenvalue weighted by Gasteiger charge is -2.30. The molecule has 100 valence electrons. The summed E-state index contributed by atoms with van der Waals surface area (Å²) in [4.78, 5) is 6.81. The van der Waals surface area contributed by atoms with E-state index in [0.717, 1.165) is 36.6 Å². The Morgan fingerprint density at radius 2 is 2.21 bits per heavy atom. The first-order chi connectivity index (χ1) is 9.25. The monoisotopic (exact) mass is 258 g/mol. The van der Waals surface area contributed by atoms with Crippen LogP contribution >= 0.6 is 0 Å². The molecule has 5 heteroatoms. The second-order valence-electron chi connectivity index (χ2n) is 4.97. The van der Waals surface area contributed by atoms with Crippen LogP contribution in [0, 0.1) is 6.92 Å². The number of likely N-dealkylation sites (N-methyl/N-ethyl adjacent to an activating group) is 1. The van der Waals surface area contributed by atoms with E-state index in [1.54, 1.807) is 0 Å². The minimum Gasteiger partial charge on any atom is -0.334 e. The van der Waals surface area contributed by atoms with Crippen LogP contribution in [0.15, 0.2) is 28.8 Å². The zero-order chi connectivity index (χ0) is 13.2. The third kappa shape index (κ3) is 2.39. The average Bonchev–Trinajstić information content (AvgIpc) is 2.89. The van der Waals surface area contributed by atoms with Gasteiger partial charge in [0.2, 0.25) is 0 Å².